The van der Waals surface area contributed by atoms with Gasteiger partial charge < -0.3 is 19.5 Å². The van der Waals surface area contributed by atoms with Gasteiger partial charge in [-0.15, -0.1) is 0 Å². The average Bonchev–Trinajstić information content (AvgIpc) is 2.68. The number of likely N-dealkylation sites (tertiary alicyclic amines) is 1. The molecule has 2 aliphatic heterocycles. The van der Waals surface area contributed by atoms with Crippen LogP contribution in [-0.2, 0) is 4.74 Å². The van der Waals surface area contributed by atoms with Crippen LogP contribution in [0.2, 0.25) is 0 Å². The van der Waals surface area contributed by atoms with E-state index in [1.165, 1.54) is 12.3 Å². The molecule has 142 valence electrons. The average molecular weight is 362 g/mol. The Kier molecular flexibility index (Phi) is 5.92. The standard InChI is InChI=1S/C18H26N4O4/c1-2-26-18(25)21-10-8-20(9-11-21)15-4-3-7-22(13-15)17(24)14-5-6-16(23)19-12-14/h5-6,12,15H,2-4,7-11,13H2,1H3,(H,19,23)/t15-/m1/s1. The first-order valence-electron chi connectivity index (χ1n) is 9.22. The predicted octanol–water partition coefficient (Wildman–Crippen LogP) is 0.754. The summed E-state index contributed by atoms with van der Waals surface area (Å²) in [4.78, 5) is 44.2. The SMILES string of the molecule is CCOC(=O)N1CCN([C@@H]2CCCN(C(=O)c3ccc(=O)[nH]c3)C2)CC1. The van der Waals surface area contributed by atoms with Crippen LogP contribution in [0.25, 0.3) is 0 Å². The monoisotopic (exact) mass is 362 g/mol. The van der Waals surface area contributed by atoms with Crippen LogP contribution in [-0.4, -0.2) is 83.6 Å². The van der Waals surface area contributed by atoms with E-state index in [2.05, 4.69) is 9.88 Å². The van der Waals surface area contributed by atoms with Gasteiger partial charge in [0, 0.05) is 57.6 Å². The summed E-state index contributed by atoms with van der Waals surface area (Å²) in [6.45, 7) is 6.52. The smallest absolute Gasteiger partial charge is 0.409 e. The molecule has 8 heteroatoms. The minimum atomic E-state index is -0.245. The number of carbonyl (C=O) groups excluding carboxylic acids is 2. The zero-order chi connectivity index (χ0) is 18.5. The van der Waals surface area contributed by atoms with Crippen molar-refractivity contribution in [2.45, 2.75) is 25.8 Å². The van der Waals surface area contributed by atoms with Gasteiger partial charge in [-0.1, -0.05) is 0 Å². The van der Waals surface area contributed by atoms with Crippen LogP contribution < -0.4 is 5.56 Å². The Labute approximate surface area is 152 Å². The van der Waals surface area contributed by atoms with Crippen molar-refractivity contribution in [2.75, 3.05) is 45.9 Å². The molecule has 2 saturated heterocycles. The van der Waals surface area contributed by atoms with Gasteiger partial charge in [-0.3, -0.25) is 14.5 Å². The molecule has 26 heavy (non-hydrogen) atoms. The third kappa shape index (κ3) is 4.24. The molecule has 0 unspecified atom stereocenters. The number of H-pyrrole nitrogens is 1. The highest BCUT2D eigenvalue weighted by atomic mass is 16.6. The number of hydrogen-bond donors (Lipinski definition) is 1. The van der Waals surface area contributed by atoms with E-state index in [-0.39, 0.29) is 17.6 Å². The second-order valence-corrected chi connectivity index (χ2v) is 6.71. The molecule has 1 aromatic heterocycles. The number of rotatable bonds is 3. The van der Waals surface area contributed by atoms with Gasteiger partial charge in [0.05, 0.1) is 12.2 Å². The lowest BCUT2D eigenvalue weighted by molar-refractivity contribution is 0.0378. The second-order valence-electron chi connectivity index (χ2n) is 6.71. The summed E-state index contributed by atoms with van der Waals surface area (Å²) in [5, 5.41) is 0. The number of nitrogens with zero attached hydrogens (tertiary/aromatic N) is 3. The number of ether oxygens (including phenoxy) is 1. The van der Waals surface area contributed by atoms with E-state index in [1.807, 2.05) is 11.8 Å². The maximum Gasteiger partial charge on any atom is 0.409 e. The topological polar surface area (TPSA) is 85.9 Å². The van der Waals surface area contributed by atoms with Crippen molar-refractivity contribution < 1.29 is 14.3 Å². The molecule has 0 aliphatic carbocycles. The molecule has 8 nitrogen and oxygen atoms in total. The zero-order valence-corrected chi connectivity index (χ0v) is 15.1. The van der Waals surface area contributed by atoms with Crippen molar-refractivity contribution in [3.8, 4) is 0 Å². The minimum Gasteiger partial charge on any atom is -0.450 e. The largest absolute Gasteiger partial charge is 0.450 e. The molecule has 0 spiro atoms. The fraction of sp³-hybridized carbons (Fsp3) is 0.611. The Balaban J connectivity index is 1.55. The van der Waals surface area contributed by atoms with Gasteiger partial charge in [-0.25, -0.2) is 4.79 Å². The van der Waals surface area contributed by atoms with Gasteiger partial charge >= 0.3 is 6.09 Å². The summed E-state index contributed by atoms with van der Waals surface area (Å²) >= 11 is 0. The van der Waals surface area contributed by atoms with Crippen molar-refractivity contribution >= 4 is 12.0 Å². The summed E-state index contributed by atoms with van der Waals surface area (Å²) in [7, 11) is 0. The van der Waals surface area contributed by atoms with Crippen LogP contribution >= 0.6 is 0 Å². The van der Waals surface area contributed by atoms with E-state index in [4.69, 9.17) is 4.74 Å². The van der Waals surface area contributed by atoms with Gasteiger partial charge in [0.15, 0.2) is 0 Å². The molecule has 0 saturated carbocycles. The van der Waals surface area contributed by atoms with E-state index < -0.39 is 0 Å². The normalized spacial score (nSPS) is 21.5. The lowest BCUT2D eigenvalue weighted by Gasteiger charge is -2.43. The summed E-state index contributed by atoms with van der Waals surface area (Å²) < 4.78 is 5.06. The first-order chi connectivity index (χ1) is 12.6. The van der Waals surface area contributed by atoms with Crippen molar-refractivity contribution in [3.05, 3.63) is 34.2 Å². The molecule has 1 aromatic rings. The number of piperazine rings is 1. The number of hydrogen-bond acceptors (Lipinski definition) is 5. The van der Waals surface area contributed by atoms with E-state index in [1.54, 1.807) is 11.0 Å². The fourth-order valence-electron chi connectivity index (χ4n) is 3.65. The van der Waals surface area contributed by atoms with Gasteiger partial charge in [0.1, 0.15) is 0 Å². The Hall–Kier alpha value is -2.35. The molecular formula is C18H26N4O4. The molecule has 2 amide bonds. The Bertz CT molecular complexity index is 676. The van der Waals surface area contributed by atoms with Crippen LogP contribution in [0.15, 0.2) is 23.1 Å². The maximum absolute atomic E-state index is 12.7. The molecule has 1 atom stereocenters. The third-order valence-corrected chi connectivity index (χ3v) is 5.07. The Morgan fingerprint density at radius 3 is 2.58 bits per heavy atom. The number of pyridine rings is 1. The highest BCUT2D eigenvalue weighted by Gasteiger charge is 2.31. The van der Waals surface area contributed by atoms with Crippen molar-refractivity contribution in [1.82, 2.24) is 19.7 Å². The number of piperidine rings is 1. The molecule has 0 bridgehead atoms. The first kappa shape index (κ1) is 18.4. The molecule has 2 fully saturated rings. The molecule has 2 aliphatic rings. The van der Waals surface area contributed by atoms with Gasteiger partial charge in [0.25, 0.3) is 5.91 Å². The number of amides is 2. The van der Waals surface area contributed by atoms with Gasteiger partial charge in [-0.05, 0) is 25.8 Å². The number of aromatic amines is 1. The van der Waals surface area contributed by atoms with Crippen molar-refractivity contribution in [2.24, 2.45) is 0 Å². The molecule has 0 aromatic carbocycles. The van der Waals surface area contributed by atoms with Crippen molar-refractivity contribution in [1.29, 1.82) is 0 Å². The Morgan fingerprint density at radius 2 is 1.92 bits per heavy atom. The van der Waals surface area contributed by atoms with E-state index in [0.29, 0.717) is 37.8 Å². The highest BCUT2D eigenvalue weighted by molar-refractivity contribution is 5.93. The number of carbonyl (C=O) groups is 2. The number of aromatic nitrogens is 1. The third-order valence-electron chi connectivity index (χ3n) is 5.07. The predicted molar refractivity (Wildman–Crippen MR) is 96.2 cm³/mol. The first-order valence-corrected chi connectivity index (χ1v) is 9.22. The molecule has 3 heterocycles. The van der Waals surface area contributed by atoms with Crippen LogP contribution in [0.5, 0.6) is 0 Å². The minimum absolute atomic E-state index is 0.0453. The fourth-order valence-corrected chi connectivity index (χ4v) is 3.65. The summed E-state index contributed by atoms with van der Waals surface area (Å²) in [6, 6.07) is 3.26. The molecular weight excluding hydrogens is 336 g/mol. The summed E-state index contributed by atoms with van der Waals surface area (Å²) in [5.74, 6) is -0.0453. The van der Waals surface area contributed by atoms with E-state index in [0.717, 1.165) is 32.5 Å². The quantitative estimate of drug-likeness (QED) is 0.858. The number of nitrogens with one attached hydrogen (secondary N) is 1. The lowest BCUT2D eigenvalue weighted by Crippen LogP contribution is -2.56. The van der Waals surface area contributed by atoms with Crippen LogP contribution in [0.3, 0.4) is 0 Å². The van der Waals surface area contributed by atoms with Gasteiger partial charge in [0.2, 0.25) is 5.56 Å². The van der Waals surface area contributed by atoms with Crippen LogP contribution in [0.4, 0.5) is 4.79 Å². The highest BCUT2D eigenvalue weighted by Crippen LogP contribution is 2.19. The molecule has 3 rings (SSSR count). The molecule has 0 radical (unpaired) electrons. The molecule has 1 N–H and O–H groups in total. The second kappa shape index (κ2) is 8.35. The van der Waals surface area contributed by atoms with Gasteiger partial charge in [-0.2, -0.15) is 0 Å². The van der Waals surface area contributed by atoms with E-state index >= 15 is 0 Å². The van der Waals surface area contributed by atoms with E-state index in [9.17, 15) is 14.4 Å². The summed E-state index contributed by atoms with van der Waals surface area (Å²) in [5.41, 5.74) is 0.301. The summed E-state index contributed by atoms with van der Waals surface area (Å²) in [6.07, 6.45) is 3.24. The maximum atomic E-state index is 12.7. The van der Waals surface area contributed by atoms with Crippen molar-refractivity contribution in [3.63, 3.8) is 0 Å². The van der Waals surface area contributed by atoms with Crippen LogP contribution in [0, 0.1) is 0 Å². The lowest BCUT2D eigenvalue weighted by atomic mass is 10.0. The van der Waals surface area contributed by atoms with Crippen LogP contribution in [0.1, 0.15) is 30.1 Å². The zero-order valence-electron chi connectivity index (χ0n) is 15.1. The Morgan fingerprint density at radius 1 is 1.15 bits per heavy atom.